The zero-order valence-corrected chi connectivity index (χ0v) is 18.3. The van der Waals surface area contributed by atoms with Crippen LogP contribution in [0.25, 0.3) is 11.3 Å². The minimum absolute atomic E-state index is 0.238. The van der Waals surface area contributed by atoms with Crippen molar-refractivity contribution in [1.29, 1.82) is 0 Å². The Morgan fingerprint density at radius 3 is 2.61 bits per heavy atom. The van der Waals surface area contributed by atoms with Crippen molar-refractivity contribution in [3.05, 3.63) is 37.1 Å². The van der Waals surface area contributed by atoms with E-state index < -0.39 is 5.60 Å². The number of hydrogen-bond acceptors (Lipinski definition) is 7. The summed E-state index contributed by atoms with van der Waals surface area (Å²) in [6.07, 6.45) is 10.5. The van der Waals surface area contributed by atoms with Crippen LogP contribution >= 0.6 is 0 Å². The number of rotatable bonds is 4. The van der Waals surface area contributed by atoms with Gasteiger partial charge in [-0.05, 0) is 39.7 Å². The van der Waals surface area contributed by atoms with E-state index in [0.29, 0.717) is 19.0 Å². The van der Waals surface area contributed by atoms with E-state index >= 15 is 0 Å². The molecule has 3 aromatic rings. The van der Waals surface area contributed by atoms with Crippen LogP contribution in [-0.2, 0) is 11.8 Å². The first-order valence-electron chi connectivity index (χ1n) is 10.4. The zero-order chi connectivity index (χ0) is 22.0. The molecule has 3 aromatic heterocycles. The van der Waals surface area contributed by atoms with Gasteiger partial charge in [0.15, 0.2) is 0 Å². The lowest BCUT2D eigenvalue weighted by Crippen LogP contribution is -2.42. The number of ether oxygens (including phenoxy) is 1. The molecular formula is C21H28N8O2. The summed E-state index contributed by atoms with van der Waals surface area (Å²) >= 11 is 0. The summed E-state index contributed by atoms with van der Waals surface area (Å²) in [5.41, 5.74) is 2.06. The second-order valence-corrected chi connectivity index (χ2v) is 8.70. The van der Waals surface area contributed by atoms with Crippen molar-refractivity contribution in [3.63, 3.8) is 0 Å². The Morgan fingerprint density at radius 2 is 1.94 bits per heavy atom. The Hall–Kier alpha value is -3.43. The van der Waals surface area contributed by atoms with Crippen LogP contribution in [0.2, 0.25) is 0 Å². The van der Waals surface area contributed by atoms with Gasteiger partial charge in [-0.1, -0.05) is 0 Å². The summed E-state index contributed by atoms with van der Waals surface area (Å²) in [5, 5.41) is 11.8. The number of aromatic nitrogens is 6. The molecule has 1 aliphatic rings. The Morgan fingerprint density at radius 1 is 1.16 bits per heavy atom. The average molecular weight is 425 g/mol. The average Bonchev–Trinajstić information content (AvgIpc) is 3.36. The summed E-state index contributed by atoms with van der Waals surface area (Å²) in [4.78, 5) is 22.9. The van der Waals surface area contributed by atoms with Crippen LogP contribution in [0.15, 0.2) is 37.1 Å². The lowest BCUT2D eigenvalue weighted by Gasteiger charge is -2.33. The van der Waals surface area contributed by atoms with Crippen LogP contribution in [0.1, 0.15) is 39.7 Å². The van der Waals surface area contributed by atoms with Crippen LogP contribution in [0.4, 0.5) is 16.4 Å². The molecule has 4 heterocycles. The van der Waals surface area contributed by atoms with Crippen LogP contribution < -0.4 is 5.32 Å². The molecule has 10 heteroatoms. The third kappa shape index (κ3) is 5.19. The molecule has 1 N–H and O–H groups in total. The fraction of sp³-hybridized carbons (Fsp3) is 0.476. The third-order valence-corrected chi connectivity index (χ3v) is 5.00. The predicted octanol–water partition coefficient (Wildman–Crippen LogP) is 3.39. The monoisotopic (exact) mass is 424 g/mol. The number of aryl methyl sites for hydroxylation is 1. The van der Waals surface area contributed by atoms with E-state index in [1.54, 1.807) is 22.0 Å². The maximum Gasteiger partial charge on any atom is 0.410 e. The first-order chi connectivity index (χ1) is 14.8. The van der Waals surface area contributed by atoms with Crippen LogP contribution in [-0.4, -0.2) is 59.2 Å². The molecule has 31 heavy (non-hydrogen) atoms. The first-order valence-corrected chi connectivity index (χ1v) is 10.4. The Labute approximate surface area is 181 Å². The summed E-state index contributed by atoms with van der Waals surface area (Å²) in [7, 11) is 1.86. The van der Waals surface area contributed by atoms with Gasteiger partial charge in [-0.3, -0.25) is 9.36 Å². The molecule has 0 bridgehead atoms. The quantitative estimate of drug-likeness (QED) is 0.685. The molecule has 164 valence electrons. The molecule has 1 fully saturated rings. The number of nitrogens with one attached hydrogen (secondary N) is 1. The van der Waals surface area contributed by atoms with E-state index in [4.69, 9.17) is 4.74 Å². The maximum absolute atomic E-state index is 12.3. The van der Waals surface area contributed by atoms with E-state index in [-0.39, 0.29) is 12.1 Å². The van der Waals surface area contributed by atoms with Crippen molar-refractivity contribution >= 4 is 17.7 Å². The van der Waals surface area contributed by atoms with Crippen LogP contribution in [0.5, 0.6) is 0 Å². The standard InChI is InChI=1S/C21H28N8O2/c1-21(2,3)31-20(30)28-9-6-17(7-10-28)29-13-15(11-24-29)18-5-8-22-19(26-18)25-16-12-23-27(4)14-16/h5,8,11-14,17H,6-7,9-10H2,1-4H3,(H,22,25,26). The SMILES string of the molecule is Cn1cc(Nc2nccc(-c3cnn(C4CCN(C(=O)OC(C)(C)C)CC4)c3)n2)cn1. The molecule has 1 saturated heterocycles. The number of likely N-dealkylation sites (tertiary alicyclic amines) is 1. The molecule has 10 nitrogen and oxygen atoms in total. The Balaban J connectivity index is 1.39. The smallest absolute Gasteiger partial charge is 0.410 e. The highest BCUT2D eigenvalue weighted by molar-refractivity contribution is 5.68. The van der Waals surface area contributed by atoms with Gasteiger partial charge in [0.2, 0.25) is 5.95 Å². The van der Waals surface area contributed by atoms with E-state index in [1.807, 2.05) is 57.2 Å². The van der Waals surface area contributed by atoms with Crippen molar-refractivity contribution in [2.75, 3.05) is 18.4 Å². The normalized spacial score (nSPS) is 15.2. The number of carbonyl (C=O) groups is 1. The molecule has 0 aliphatic carbocycles. The number of nitrogens with zero attached hydrogens (tertiary/aromatic N) is 7. The molecule has 0 unspecified atom stereocenters. The number of amides is 1. The van der Waals surface area contributed by atoms with Crippen molar-refractivity contribution < 1.29 is 9.53 Å². The van der Waals surface area contributed by atoms with Crippen LogP contribution in [0.3, 0.4) is 0 Å². The molecule has 4 rings (SSSR count). The molecule has 0 radical (unpaired) electrons. The number of anilines is 2. The van der Waals surface area contributed by atoms with Gasteiger partial charge in [0.25, 0.3) is 0 Å². The van der Waals surface area contributed by atoms with Gasteiger partial charge < -0.3 is 15.0 Å². The minimum Gasteiger partial charge on any atom is -0.444 e. The number of piperidine rings is 1. The second kappa shape index (κ2) is 8.37. The first kappa shape index (κ1) is 20.8. The topological polar surface area (TPSA) is 103 Å². The fourth-order valence-corrected chi connectivity index (χ4v) is 3.50. The lowest BCUT2D eigenvalue weighted by atomic mass is 10.1. The van der Waals surface area contributed by atoms with Crippen LogP contribution in [0, 0.1) is 0 Å². The Kier molecular flexibility index (Phi) is 5.62. The van der Waals surface area contributed by atoms with E-state index in [2.05, 4.69) is 25.5 Å². The summed E-state index contributed by atoms with van der Waals surface area (Å²) < 4.78 is 9.16. The molecule has 0 saturated carbocycles. The fourth-order valence-electron chi connectivity index (χ4n) is 3.50. The molecule has 0 aromatic carbocycles. The Bertz CT molecular complexity index is 1040. The van der Waals surface area contributed by atoms with E-state index in [0.717, 1.165) is 29.8 Å². The lowest BCUT2D eigenvalue weighted by molar-refractivity contribution is 0.0185. The number of hydrogen-bond donors (Lipinski definition) is 1. The van der Waals surface area contributed by atoms with Gasteiger partial charge in [-0.15, -0.1) is 0 Å². The van der Waals surface area contributed by atoms with Crippen molar-refractivity contribution in [2.45, 2.75) is 45.3 Å². The highest BCUT2D eigenvalue weighted by Crippen LogP contribution is 2.26. The molecular weight excluding hydrogens is 396 g/mol. The maximum atomic E-state index is 12.3. The van der Waals surface area contributed by atoms with Gasteiger partial charge in [-0.2, -0.15) is 10.2 Å². The van der Waals surface area contributed by atoms with Gasteiger partial charge >= 0.3 is 6.09 Å². The van der Waals surface area contributed by atoms with Crippen molar-refractivity contribution in [3.8, 4) is 11.3 Å². The zero-order valence-electron chi connectivity index (χ0n) is 18.3. The number of carbonyl (C=O) groups excluding carboxylic acids is 1. The van der Waals surface area contributed by atoms with Gasteiger partial charge in [0.1, 0.15) is 5.60 Å². The largest absolute Gasteiger partial charge is 0.444 e. The molecule has 0 atom stereocenters. The van der Waals surface area contributed by atoms with Gasteiger partial charge in [0, 0.05) is 44.3 Å². The highest BCUT2D eigenvalue weighted by Gasteiger charge is 2.28. The highest BCUT2D eigenvalue weighted by atomic mass is 16.6. The second-order valence-electron chi connectivity index (χ2n) is 8.70. The van der Waals surface area contributed by atoms with E-state index in [9.17, 15) is 4.79 Å². The van der Waals surface area contributed by atoms with Gasteiger partial charge in [-0.25, -0.2) is 14.8 Å². The molecule has 0 spiro atoms. The summed E-state index contributed by atoms with van der Waals surface area (Å²) in [6.45, 7) is 6.96. The van der Waals surface area contributed by atoms with Crippen molar-refractivity contribution in [1.82, 2.24) is 34.4 Å². The predicted molar refractivity (Wildman–Crippen MR) is 116 cm³/mol. The van der Waals surface area contributed by atoms with E-state index in [1.165, 1.54) is 0 Å². The third-order valence-electron chi connectivity index (χ3n) is 5.00. The summed E-state index contributed by atoms with van der Waals surface area (Å²) in [6, 6.07) is 2.10. The molecule has 1 amide bonds. The van der Waals surface area contributed by atoms with Gasteiger partial charge in [0.05, 0.1) is 29.8 Å². The summed E-state index contributed by atoms with van der Waals surface area (Å²) in [5.74, 6) is 0.504. The minimum atomic E-state index is -0.479. The van der Waals surface area contributed by atoms with Crippen molar-refractivity contribution in [2.24, 2.45) is 7.05 Å². The molecule has 1 aliphatic heterocycles.